The van der Waals surface area contributed by atoms with Gasteiger partial charge in [-0.2, -0.15) is 5.10 Å². The van der Waals surface area contributed by atoms with Crippen molar-refractivity contribution in [3.8, 4) is 17.2 Å². The molecule has 0 aliphatic heterocycles. The first-order valence-corrected chi connectivity index (χ1v) is 9.29. The molecule has 162 valence electrons. The predicted octanol–water partition coefficient (Wildman–Crippen LogP) is 1.25. The molecule has 0 atom stereocenters. The number of methoxy groups -OCH3 is 3. The third kappa shape index (κ3) is 4.92. The van der Waals surface area contributed by atoms with Crippen molar-refractivity contribution in [2.45, 2.75) is 6.42 Å². The molecule has 0 unspecified atom stereocenters. The van der Waals surface area contributed by atoms with Gasteiger partial charge in [0.25, 0.3) is 5.56 Å². The Morgan fingerprint density at radius 2 is 1.61 bits per heavy atom. The molecule has 0 fully saturated rings. The number of amides is 2. The van der Waals surface area contributed by atoms with Gasteiger partial charge in [0, 0.05) is 23.2 Å². The zero-order valence-electron chi connectivity index (χ0n) is 17.3. The van der Waals surface area contributed by atoms with E-state index in [1.165, 1.54) is 21.3 Å². The van der Waals surface area contributed by atoms with Crippen molar-refractivity contribution in [1.29, 1.82) is 0 Å². The summed E-state index contributed by atoms with van der Waals surface area (Å²) in [6.07, 6.45) is -0.0885. The van der Waals surface area contributed by atoms with Crippen LogP contribution in [0.2, 0.25) is 0 Å². The van der Waals surface area contributed by atoms with E-state index in [1.807, 2.05) is 0 Å². The summed E-state index contributed by atoms with van der Waals surface area (Å²) in [6.45, 7) is -0.253. The number of rotatable bonds is 8. The van der Waals surface area contributed by atoms with Gasteiger partial charge in [0.05, 0.1) is 45.4 Å². The number of nitrogens with zero attached hydrogens (tertiary/aromatic N) is 1. The van der Waals surface area contributed by atoms with Gasteiger partial charge in [0.1, 0.15) is 0 Å². The fourth-order valence-electron chi connectivity index (χ4n) is 3.06. The Bertz CT molecular complexity index is 1150. The Morgan fingerprint density at radius 3 is 2.23 bits per heavy atom. The van der Waals surface area contributed by atoms with Crippen molar-refractivity contribution in [3.05, 3.63) is 52.4 Å². The molecule has 1 aromatic heterocycles. The predicted molar refractivity (Wildman–Crippen MR) is 114 cm³/mol. The van der Waals surface area contributed by atoms with E-state index in [2.05, 4.69) is 20.8 Å². The minimum Gasteiger partial charge on any atom is -0.493 e. The minimum atomic E-state index is -0.443. The summed E-state index contributed by atoms with van der Waals surface area (Å²) in [4.78, 5) is 36.4. The van der Waals surface area contributed by atoms with E-state index in [0.29, 0.717) is 39.4 Å². The first kappa shape index (κ1) is 21.6. The second-order valence-corrected chi connectivity index (χ2v) is 6.46. The van der Waals surface area contributed by atoms with E-state index < -0.39 is 11.8 Å². The standard InChI is InChI=1S/C21H22N4O6/c1-29-16-8-12(9-17(30-2)20(16)31-3)23-19(27)11-22-18(26)10-15-13-6-4-5-7-14(13)21(28)25-24-15/h4-9H,10-11H2,1-3H3,(H,22,26)(H,23,27)(H,25,28). The second-order valence-electron chi connectivity index (χ2n) is 6.46. The summed E-state index contributed by atoms with van der Waals surface area (Å²) >= 11 is 0. The van der Waals surface area contributed by atoms with Crippen LogP contribution in [0.25, 0.3) is 10.8 Å². The number of aromatic nitrogens is 2. The number of hydrogen-bond donors (Lipinski definition) is 3. The van der Waals surface area contributed by atoms with Crippen LogP contribution in [0.4, 0.5) is 5.69 Å². The van der Waals surface area contributed by atoms with E-state index in [0.717, 1.165) is 0 Å². The summed E-state index contributed by atoms with van der Waals surface area (Å²) in [5.74, 6) is 0.318. The fraction of sp³-hybridized carbons (Fsp3) is 0.238. The van der Waals surface area contributed by atoms with Gasteiger partial charge in [-0.15, -0.1) is 0 Å². The lowest BCUT2D eigenvalue weighted by atomic mass is 10.1. The Labute approximate surface area is 177 Å². The van der Waals surface area contributed by atoms with Gasteiger partial charge in [0.2, 0.25) is 17.6 Å². The molecule has 2 aromatic carbocycles. The number of aromatic amines is 1. The minimum absolute atomic E-state index is 0.0885. The van der Waals surface area contributed by atoms with Crippen LogP contribution < -0.4 is 30.4 Å². The molecular weight excluding hydrogens is 404 g/mol. The Morgan fingerprint density at radius 1 is 0.968 bits per heavy atom. The monoisotopic (exact) mass is 426 g/mol. The first-order chi connectivity index (χ1) is 15.0. The molecule has 1 heterocycles. The van der Waals surface area contributed by atoms with Crippen LogP contribution in [0.15, 0.2) is 41.2 Å². The smallest absolute Gasteiger partial charge is 0.272 e. The maximum Gasteiger partial charge on any atom is 0.272 e. The summed E-state index contributed by atoms with van der Waals surface area (Å²) < 4.78 is 15.7. The lowest BCUT2D eigenvalue weighted by Crippen LogP contribution is -2.34. The van der Waals surface area contributed by atoms with Crippen LogP contribution >= 0.6 is 0 Å². The quantitative estimate of drug-likeness (QED) is 0.494. The summed E-state index contributed by atoms with van der Waals surface area (Å²) in [7, 11) is 4.42. The third-order valence-electron chi connectivity index (χ3n) is 4.50. The van der Waals surface area contributed by atoms with Crippen LogP contribution in [0.3, 0.4) is 0 Å². The molecule has 10 heteroatoms. The van der Waals surface area contributed by atoms with Crippen LogP contribution in [-0.4, -0.2) is 49.9 Å². The number of carbonyl (C=O) groups excluding carboxylic acids is 2. The first-order valence-electron chi connectivity index (χ1n) is 9.29. The van der Waals surface area contributed by atoms with E-state index in [9.17, 15) is 14.4 Å². The molecule has 3 N–H and O–H groups in total. The lowest BCUT2D eigenvalue weighted by molar-refractivity contribution is -0.123. The second kappa shape index (κ2) is 9.61. The molecule has 3 rings (SSSR count). The average Bonchev–Trinajstić information content (AvgIpc) is 2.79. The molecular formula is C21H22N4O6. The topological polar surface area (TPSA) is 132 Å². The highest BCUT2D eigenvalue weighted by atomic mass is 16.5. The third-order valence-corrected chi connectivity index (χ3v) is 4.50. The van der Waals surface area contributed by atoms with Gasteiger partial charge >= 0.3 is 0 Å². The number of benzene rings is 2. The van der Waals surface area contributed by atoms with Crippen LogP contribution in [0.5, 0.6) is 17.2 Å². The van der Waals surface area contributed by atoms with Crippen LogP contribution in [-0.2, 0) is 16.0 Å². The molecule has 0 spiro atoms. The van der Waals surface area contributed by atoms with Crippen molar-refractivity contribution in [3.63, 3.8) is 0 Å². The Kier molecular flexibility index (Phi) is 6.71. The molecule has 0 bridgehead atoms. The van der Waals surface area contributed by atoms with Gasteiger partial charge in [0.15, 0.2) is 11.5 Å². The maximum absolute atomic E-state index is 12.3. The molecule has 0 aliphatic carbocycles. The summed E-state index contributed by atoms with van der Waals surface area (Å²) in [6, 6.07) is 10.0. The van der Waals surface area contributed by atoms with Crippen molar-refractivity contribution >= 4 is 28.3 Å². The van der Waals surface area contributed by atoms with Gasteiger partial charge in [-0.1, -0.05) is 18.2 Å². The van der Waals surface area contributed by atoms with Gasteiger partial charge in [-0.25, -0.2) is 5.10 Å². The number of fused-ring (bicyclic) bond motifs is 1. The van der Waals surface area contributed by atoms with Crippen LogP contribution in [0.1, 0.15) is 5.69 Å². The van der Waals surface area contributed by atoms with Gasteiger partial charge in [-0.05, 0) is 6.07 Å². The van der Waals surface area contributed by atoms with Crippen molar-refractivity contribution < 1.29 is 23.8 Å². The molecule has 2 amide bonds. The SMILES string of the molecule is COc1cc(NC(=O)CNC(=O)Cc2n[nH]c(=O)c3ccccc23)cc(OC)c1OC. The van der Waals surface area contributed by atoms with Gasteiger partial charge in [-0.3, -0.25) is 14.4 Å². The molecule has 31 heavy (non-hydrogen) atoms. The van der Waals surface area contributed by atoms with E-state index in [-0.39, 0.29) is 18.5 Å². The largest absolute Gasteiger partial charge is 0.493 e. The molecule has 0 radical (unpaired) electrons. The van der Waals surface area contributed by atoms with E-state index >= 15 is 0 Å². The molecule has 10 nitrogen and oxygen atoms in total. The fourth-order valence-corrected chi connectivity index (χ4v) is 3.06. The Balaban J connectivity index is 1.63. The van der Waals surface area contributed by atoms with Gasteiger partial charge < -0.3 is 24.8 Å². The number of nitrogens with one attached hydrogen (secondary N) is 3. The number of H-pyrrole nitrogens is 1. The summed E-state index contributed by atoms with van der Waals surface area (Å²) in [5.41, 5.74) is 0.504. The van der Waals surface area contributed by atoms with Crippen molar-refractivity contribution in [2.24, 2.45) is 0 Å². The molecule has 3 aromatic rings. The van der Waals surface area contributed by atoms with E-state index in [4.69, 9.17) is 14.2 Å². The molecule has 0 saturated heterocycles. The summed E-state index contributed by atoms with van der Waals surface area (Å²) in [5, 5.41) is 12.6. The maximum atomic E-state index is 12.3. The zero-order chi connectivity index (χ0) is 22.4. The Hall–Kier alpha value is -4.08. The molecule has 0 aliphatic rings. The van der Waals surface area contributed by atoms with E-state index in [1.54, 1.807) is 36.4 Å². The molecule has 0 saturated carbocycles. The highest BCUT2D eigenvalue weighted by Gasteiger charge is 2.15. The number of carbonyl (C=O) groups is 2. The number of ether oxygens (including phenoxy) is 3. The number of anilines is 1. The highest BCUT2D eigenvalue weighted by Crippen LogP contribution is 2.39. The lowest BCUT2D eigenvalue weighted by Gasteiger charge is -2.14. The van der Waals surface area contributed by atoms with Crippen molar-refractivity contribution in [2.75, 3.05) is 33.2 Å². The zero-order valence-corrected chi connectivity index (χ0v) is 17.3. The van der Waals surface area contributed by atoms with Crippen molar-refractivity contribution in [1.82, 2.24) is 15.5 Å². The average molecular weight is 426 g/mol. The highest BCUT2D eigenvalue weighted by molar-refractivity contribution is 5.96. The normalized spacial score (nSPS) is 10.4. The van der Waals surface area contributed by atoms with Crippen LogP contribution in [0, 0.1) is 0 Å². The number of hydrogen-bond acceptors (Lipinski definition) is 7.